The van der Waals surface area contributed by atoms with Crippen molar-refractivity contribution in [3.63, 3.8) is 0 Å². The molecule has 0 aliphatic carbocycles. The minimum atomic E-state index is -4.47. The highest BCUT2D eigenvalue weighted by Gasteiger charge is 2.32. The third kappa shape index (κ3) is 3.76. The molecule has 2 aromatic heterocycles. The Labute approximate surface area is 134 Å². The second-order valence-electron chi connectivity index (χ2n) is 5.13. The molecule has 0 bridgehead atoms. The summed E-state index contributed by atoms with van der Waals surface area (Å²) in [6.07, 6.45) is -3.82. The highest BCUT2D eigenvalue weighted by Crippen LogP contribution is 2.27. The summed E-state index contributed by atoms with van der Waals surface area (Å²) in [6, 6.07) is 10.0. The number of alkyl halides is 3. The first-order valence-corrected chi connectivity index (χ1v) is 7.75. The van der Waals surface area contributed by atoms with Crippen molar-refractivity contribution in [2.24, 2.45) is 0 Å². The molecule has 0 amide bonds. The van der Waals surface area contributed by atoms with Crippen LogP contribution in [0.25, 0.3) is 10.2 Å². The number of hydrogen-bond donors (Lipinski definition) is 1. The highest BCUT2D eigenvalue weighted by molar-refractivity contribution is 7.18. The SMILES string of the molecule is CC(Cc1nc2ccccc2s1)Nc1ccc(C(F)(F)F)nn1. The molecule has 0 spiro atoms. The van der Waals surface area contributed by atoms with Crippen LogP contribution in [0.2, 0.25) is 0 Å². The standard InChI is InChI=1S/C15H13F3N4S/c1-9(8-14-20-10-4-2-3-5-11(10)23-14)19-13-7-6-12(21-22-13)15(16,17)18/h2-7,9H,8H2,1H3,(H,19,22). The largest absolute Gasteiger partial charge is 0.435 e. The van der Waals surface area contributed by atoms with E-state index in [2.05, 4.69) is 20.5 Å². The number of hydrogen-bond acceptors (Lipinski definition) is 5. The number of benzene rings is 1. The van der Waals surface area contributed by atoms with E-state index >= 15 is 0 Å². The van der Waals surface area contributed by atoms with Gasteiger partial charge in [0.05, 0.1) is 15.2 Å². The van der Waals surface area contributed by atoms with Crippen molar-refractivity contribution in [2.45, 2.75) is 25.6 Å². The van der Waals surface area contributed by atoms with Crippen molar-refractivity contribution in [2.75, 3.05) is 5.32 Å². The van der Waals surface area contributed by atoms with E-state index in [1.807, 2.05) is 31.2 Å². The molecule has 1 N–H and O–H groups in total. The van der Waals surface area contributed by atoms with E-state index < -0.39 is 11.9 Å². The van der Waals surface area contributed by atoms with E-state index in [4.69, 9.17) is 0 Å². The molecule has 4 nitrogen and oxygen atoms in total. The second kappa shape index (κ2) is 6.11. The maximum atomic E-state index is 12.4. The average Bonchev–Trinajstić information content (AvgIpc) is 2.88. The van der Waals surface area contributed by atoms with Gasteiger partial charge in [-0.15, -0.1) is 21.5 Å². The van der Waals surface area contributed by atoms with Gasteiger partial charge >= 0.3 is 6.18 Å². The molecule has 1 unspecified atom stereocenters. The van der Waals surface area contributed by atoms with E-state index in [0.717, 1.165) is 21.3 Å². The molecular weight excluding hydrogens is 325 g/mol. The lowest BCUT2D eigenvalue weighted by molar-refractivity contribution is -0.141. The minimum absolute atomic E-state index is 0.0263. The molecule has 8 heteroatoms. The lowest BCUT2D eigenvalue weighted by Gasteiger charge is -2.13. The normalized spacial score (nSPS) is 13.2. The first-order chi connectivity index (χ1) is 10.9. The van der Waals surface area contributed by atoms with Gasteiger partial charge in [-0.2, -0.15) is 13.2 Å². The van der Waals surface area contributed by atoms with E-state index in [0.29, 0.717) is 12.2 Å². The van der Waals surface area contributed by atoms with Crippen molar-refractivity contribution >= 4 is 27.4 Å². The van der Waals surface area contributed by atoms with Crippen molar-refractivity contribution in [1.29, 1.82) is 0 Å². The summed E-state index contributed by atoms with van der Waals surface area (Å²) in [5.41, 5.74) is -0.0455. The van der Waals surface area contributed by atoms with Crippen molar-refractivity contribution in [1.82, 2.24) is 15.2 Å². The number of aromatic nitrogens is 3. The lowest BCUT2D eigenvalue weighted by atomic mass is 10.2. The van der Waals surface area contributed by atoms with Gasteiger partial charge in [0, 0.05) is 12.5 Å². The number of anilines is 1. The maximum Gasteiger partial charge on any atom is 0.435 e. The molecule has 0 aliphatic rings. The fourth-order valence-electron chi connectivity index (χ4n) is 2.13. The molecular formula is C15H13F3N4S. The second-order valence-corrected chi connectivity index (χ2v) is 6.24. The van der Waals surface area contributed by atoms with Crippen molar-refractivity contribution in [3.8, 4) is 0 Å². The number of nitrogens with zero attached hydrogens (tertiary/aromatic N) is 3. The van der Waals surface area contributed by atoms with E-state index in [1.165, 1.54) is 6.07 Å². The smallest absolute Gasteiger partial charge is 0.366 e. The molecule has 3 aromatic rings. The van der Waals surface area contributed by atoms with Crippen LogP contribution in [0.15, 0.2) is 36.4 Å². The maximum absolute atomic E-state index is 12.4. The Hall–Kier alpha value is -2.22. The summed E-state index contributed by atoms with van der Waals surface area (Å²) in [5.74, 6) is 0.312. The molecule has 120 valence electrons. The van der Waals surface area contributed by atoms with Gasteiger partial charge in [-0.3, -0.25) is 0 Å². The molecule has 0 radical (unpaired) electrons. The van der Waals surface area contributed by atoms with Gasteiger partial charge in [0.25, 0.3) is 0 Å². The fraction of sp³-hybridized carbons (Fsp3) is 0.267. The molecule has 2 heterocycles. The number of nitrogens with one attached hydrogen (secondary N) is 1. The molecule has 0 fully saturated rings. The van der Waals surface area contributed by atoms with E-state index in [1.54, 1.807) is 11.3 Å². The number of halogens is 3. The summed E-state index contributed by atoms with van der Waals surface area (Å²) in [5, 5.41) is 10.8. The fourth-order valence-corrected chi connectivity index (χ4v) is 3.23. The van der Waals surface area contributed by atoms with Crippen LogP contribution in [-0.2, 0) is 12.6 Å². The lowest BCUT2D eigenvalue weighted by Crippen LogP contribution is -2.19. The van der Waals surface area contributed by atoms with Crippen LogP contribution in [-0.4, -0.2) is 21.2 Å². The molecule has 0 saturated heterocycles. The summed E-state index contributed by atoms with van der Waals surface area (Å²) < 4.78 is 38.4. The van der Waals surface area contributed by atoms with Gasteiger partial charge < -0.3 is 5.32 Å². The van der Waals surface area contributed by atoms with Gasteiger partial charge in [0.15, 0.2) is 5.69 Å². The number of rotatable bonds is 4. The Bertz CT molecular complexity index is 765. The molecule has 1 atom stereocenters. The third-order valence-electron chi connectivity index (χ3n) is 3.17. The molecule has 0 saturated carbocycles. The van der Waals surface area contributed by atoms with Crippen LogP contribution >= 0.6 is 11.3 Å². The first-order valence-electron chi connectivity index (χ1n) is 6.94. The van der Waals surface area contributed by atoms with Gasteiger partial charge in [0.1, 0.15) is 5.82 Å². The van der Waals surface area contributed by atoms with E-state index in [-0.39, 0.29) is 6.04 Å². The Morgan fingerprint density at radius 1 is 1.13 bits per heavy atom. The number of para-hydroxylation sites is 1. The topological polar surface area (TPSA) is 50.7 Å². The van der Waals surface area contributed by atoms with Crippen molar-refractivity contribution in [3.05, 3.63) is 47.1 Å². The van der Waals surface area contributed by atoms with Gasteiger partial charge in [-0.05, 0) is 31.2 Å². The predicted octanol–water partition coefficient (Wildman–Crippen LogP) is 4.15. The predicted molar refractivity (Wildman–Crippen MR) is 83.4 cm³/mol. The Balaban J connectivity index is 1.65. The van der Waals surface area contributed by atoms with Crippen molar-refractivity contribution < 1.29 is 13.2 Å². The highest BCUT2D eigenvalue weighted by atomic mass is 32.1. The molecule has 3 rings (SSSR count). The Kier molecular flexibility index (Phi) is 4.16. The minimum Gasteiger partial charge on any atom is -0.366 e. The average molecular weight is 338 g/mol. The number of thiazole rings is 1. The third-order valence-corrected chi connectivity index (χ3v) is 4.23. The Morgan fingerprint density at radius 2 is 1.91 bits per heavy atom. The quantitative estimate of drug-likeness (QED) is 0.776. The molecule has 23 heavy (non-hydrogen) atoms. The van der Waals surface area contributed by atoms with Crippen LogP contribution in [0.4, 0.5) is 19.0 Å². The zero-order valence-electron chi connectivity index (χ0n) is 12.1. The van der Waals surface area contributed by atoms with Crippen LogP contribution in [0.5, 0.6) is 0 Å². The number of fused-ring (bicyclic) bond motifs is 1. The monoisotopic (exact) mass is 338 g/mol. The Morgan fingerprint density at radius 3 is 2.57 bits per heavy atom. The zero-order chi connectivity index (χ0) is 16.4. The molecule has 1 aromatic carbocycles. The van der Waals surface area contributed by atoms with Crippen LogP contribution < -0.4 is 5.32 Å². The summed E-state index contributed by atoms with van der Waals surface area (Å²) in [6.45, 7) is 1.92. The summed E-state index contributed by atoms with van der Waals surface area (Å²) in [7, 11) is 0. The van der Waals surface area contributed by atoms with Crippen LogP contribution in [0.1, 0.15) is 17.6 Å². The summed E-state index contributed by atoms with van der Waals surface area (Å²) >= 11 is 1.61. The van der Waals surface area contributed by atoms with Crippen LogP contribution in [0.3, 0.4) is 0 Å². The van der Waals surface area contributed by atoms with Gasteiger partial charge in [0.2, 0.25) is 0 Å². The zero-order valence-corrected chi connectivity index (χ0v) is 12.9. The summed E-state index contributed by atoms with van der Waals surface area (Å²) in [4.78, 5) is 4.53. The van der Waals surface area contributed by atoms with Gasteiger partial charge in [-0.25, -0.2) is 4.98 Å². The first kappa shape index (κ1) is 15.7. The van der Waals surface area contributed by atoms with Crippen LogP contribution in [0, 0.1) is 0 Å². The molecule has 0 aliphatic heterocycles. The van der Waals surface area contributed by atoms with Gasteiger partial charge in [-0.1, -0.05) is 12.1 Å². The van der Waals surface area contributed by atoms with E-state index in [9.17, 15) is 13.2 Å².